The summed E-state index contributed by atoms with van der Waals surface area (Å²) in [7, 11) is 2.04. The first-order valence-electron chi connectivity index (χ1n) is 18.6. The fraction of sp³-hybridized carbons (Fsp3) is 0.872. The zero-order valence-electron chi connectivity index (χ0n) is 31.2. The summed E-state index contributed by atoms with van der Waals surface area (Å²) < 4.78 is 16.1. The van der Waals surface area contributed by atoms with Crippen LogP contribution in [-0.4, -0.2) is 64.4 Å². The molecule has 47 heavy (non-hydrogen) atoms. The van der Waals surface area contributed by atoms with Gasteiger partial charge in [-0.3, -0.25) is 4.79 Å². The summed E-state index contributed by atoms with van der Waals surface area (Å²) in [5.41, 5.74) is 0.208. The molecule has 1 saturated heterocycles. The molecular formula is C39H64N4O4. The maximum Gasteiger partial charge on any atom is 0.307 e. The normalized spacial score (nSPS) is 45.0. The van der Waals surface area contributed by atoms with Crippen LogP contribution in [0.5, 0.6) is 0 Å². The van der Waals surface area contributed by atoms with Crippen LogP contribution in [0.2, 0.25) is 0 Å². The quantitative estimate of drug-likeness (QED) is 0.268. The van der Waals surface area contributed by atoms with Crippen LogP contribution in [0.4, 0.5) is 0 Å². The Hall–Kier alpha value is -1.77. The van der Waals surface area contributed by atoms with Crippen LogP contribution in [-0.2, 0) is 14.3 Å². The van der Waals surface area contributed by atoms with Crippen molar-refractivity contribution in [2.24, 2.45) is 62.6 Å². The number of fused-ring (bicyclic) bond motifs is 3. The van der Waals surface area contributed by atoms with E-state index < -0.39 is 11.9 Å². The molecule has 264 valence electrons. The van der Waals surface area contributed by atoms with Gasteiger partial charge in [0.05, 0.1) is 37.9 Å². The number of aromatic nitrogens is 3. The maximum absolute atomic E-state index is 13.5. The SMILES string of the molecule is CN[C@@](C)(CO[C@H]1[C@H](n2cncn2)C[C@]2(C)COC[C@@]13C1=CC[C@@]4(C)[C@H](C(=O)O)[C@@](C)([C@H](C)C(C)C)CC[C@]4(C)[C@H]1CC[C@H]23)C(C)C. The number of rotatable bonds is 9. The smallest absolute Gasteiger partial charge is 0.307 e. The third-order valence-electron chi connectivity index (χ3n) is 16.2. The molecule has 1 aliphatic heterocycles. The first kappa shape index (κ1) is 35.1. The molecular weight excluding hydrogens is 588 g/mol. The molecule has 4 aliphatic carbocycles. The zero-order valence-corrected chi connectivity index (χ0v) is 31.2. The van der Waals surface area contributed by atoms with Crippen LogP contribution < -0.4 is 5.32 Å². The number of nitrogens with one attached hydrogen (secondary N) is 1. The number of carboxylic acids is 1. The Morgan fingerprint density at radius 1 is 1.13 bits per heavy atom. The highest BCUT2D eigenvalue weighted by molar-refractivity contribution is 5.73. The number of carboxylic acid groups (broad SMARTS) is 1. The van der Waals surface area contributed by atoms with Gasteiger partial charge in [0.25, 0.3) is 0 Å². The molecule has 12 atom stereocenters. The van der Waals surface area contributed by atoms with E-state index in [0.717, 1.165) is 45.1 Å². The lowest BCUT2D eigenvalue weighted by molar-refractivity contribution is -0.255. The Morgan fingerprint density at radius 2 is 1.85 bits per heavy atom. The van der Waals surface area contributed by atoms with Crippen molar-refractivity contribution >= 4 is 5.97 Å². The van der Waals surface area contributed by atoms with Gasteiger partial charge >= 0.3 is 5.97 Å². The average molecular weight is 653 g/mol. The molecule has 2 heterocycles. The fourth-order valence-corrected chi connectivity index (χ4v) is 12.3. The Labute approximate surface area is 284 Å². The number of nitrogens with zero attached hydrogens (tertiary/aromatic N) is 3. The number of hydrogen-bond acceptors (Lipinski definition) is 6. The van der Waals surface area contributed by atoms with Crippen LogP contribution in [0.1, 0.15) is 114 Å². The van der Waals surface area contributed by atoms with Gasteiger partial charge in [-0.2, -0.15) is 5.10 Å². The van der Waals surface area contributed by atoms with Gasteiger partial charge in [0.2, 0.25) is 0 Å². The minimum Gasteiger partial charge on any atom is -0.481 e. The highest BCUT2D eigenvalue weighted by Gasteiger charge is 2.72. The Bertz CT molecular complexity index is 1360. The predicted molar refractivity (Wildman–Crippen MR) is 185 cm³/mol. The van der Waals surface area contributed by atoms with E-state index >= 15 is 0 Å². The molecule has 1 aromatic heterocycles. The van der Waals surface area contributed by atoms with Gasteiger partial charge in [0, 0.05) is 11.0 Å². The molecule has 0 amide bonds. The number of likely N-dealkylation sites (N-methyl/N-ethyl adjacent to an activating group) is 1. The fourth-order valence-electron chi connectivity index (χ4n) is 12.3. The Kier molecular flexibility index (Phi) is 8.69. The number of hydrogen-bond donors (Lipinski definition) is 2. The molecule has 0 radical (unpaired) electrons. The molecule has 2 bridgehead atoms. The van der Waals surface area contributed by atoms with Crippen molar-refractivity contribution in [3.8, 4) is 0 Å². The molecule has 8 nitrogen and oxygen atoms in total. The van der Waals surface area contributed by atoms with E-state index in [2.05, 4.69) is 90.3 Å². The van der Waals surface area contributed by atoms with Gasteiger partial charge < -0.3 is 19.9 Å². The first-order chi connectivity index (χ1) is 21.9. The Balaban J connectivity index is 1.51. The monoisotopic (exact) mass is 652 g/mol. The van der Waals surface area contributed by atoms with Crippen LogP contribution in [0.15, 0.2) is 24.3 Å². The number of allylic oxidation sites excluding steroid dienone is 1. The molecule has 0 unspecified atom stereocenters. The van der Waals surface area contributed by atoms with Crippen LogP contribution in [0, 0.1) is 62.6 Å². The van der Waals surface area contributed by atoms with E-state index in [9.17, 15) is 9.90 Å². The molecule has 6 rings (SSSR count). The summed E-state index contributed by atoms with van der Waals surface area (Å²) in [6.45, 7) is 25.1. The van der Waals surface area contributed by atoms with Crippen LogP contribution in [0.25, 0.3) is 0 Å². The molecule has 4 fully saturated rings. The third-order valence-corrected chi connectivity index (χ3v) is 16.2. The second-order valence-electron chi connectivity index (χ2n) is 18.6. The van der Waals surface area contributed by atoms with E-state index in [1.54, 1.807) is 6.33 Å². The van der Waals surface area contributed by atoms with Crippen molar-refractivity contribution < 1.29 is 19.4 Å². The zero-order chi connectivity index (χ0) is 34.4. The Morgan fingerprint density at radius 3 is 2.45 bits per heavy atom. The van der Waals surface area contributed by atoms with Crippen molar-refractivity contribution in [2.45, 2.75) is 125 Å². The number of ether oxygens (including phenoxy) is 2. The summed E-state index contributed by atoms with van der Waals surface area (Å²) in [5.74, 6) is 0.816. The minimum absolute atomic E-state index is 0.0199. The molecule has 3 saturated carbocycles. The number of aliphatic carboxylic acids is 1. The van der Waals surface area contributed by atoms with Gasteiger partial charge in [0.1, 0.15) is 12.7 Å². The van der Waals surface area contributed by atoms with Crippen molar-refractivity contribution in [2.75, 3.05) is 26.9 Å². The largest absolute Gasteiger partial charge is 0.481 e. The van der Waals surface area contributed by atoms with Crippen molar-refractivity contribution in [1.29, 1.82) is 0 Å². The molecule has 1 aromatic rings. The topological polar surface area (TPSA) is 98.5 Å². The second kappa shape index (κ2) is 11.7. The predicted octanol–water partition coefficient (Wildman–Crippen LogP) is 7.43. The van der Waals surface area contributed by atoms with Gasteiger partial charge in [-0.25, -0.2) is 9.67 Å². The van der Waals surface area contributed by atoms with E-state index in [1.807, 2.05) is 13.4 Å². The molecule has 2 N–H and O–H groups in total. The van der Waals surface area contributed by atoms with Crippen molar-refractivity contribution in [3.63, 3.8) is 0 Å². The summed E-state index contributed by atoms with van der Waals surface area (Å²) in [5, 5.41) is 19.4. The highest BCUT2D eigenvalue weighted by atomic mass is 16.5. The average Bonchev–Trinajstić information content (AvgIpc) is 3.55. The molecule has 0 aromatic carbocycles. The summed E-state index contributed by atoms with van der Waals surface area (Å²) in [6.07, 6.45) is 11.8. The summed E-state index contributed by atoms with van der Waals surface area (Å²) >= 11 is 0. The van der Waals surface area contributed by atoms with Crippen LogP contribution >= 0.6 is 0 Å². The minimum atomic E-state index is -0.615. The lowest BCUT2D eigenvalue weighted by Gasteiger charge is -2.71. The third kappa shape index (κ3) is 4.80. The molecule has 8 heteroatoms. The van der Waals surface area contributed by atoms with E-state index in [-0.39, 0.29) is 50.7 Å². The van der Waals surface area contributed by atoms with Gasteiger partial charge in [-0.05, 0) is 104 Å². The second-order valence-corrected chi connectivity index (χ2v) is 18.6. The van der Waals surface area contributed by atoms with E-state index in [1.165, 1.54) is 5.57 Å². The van der Waals surface area contributed by atoms with Crippen molar-refractivity contribution in [3.05, 3.63) is 24.3 Å². The molecule has 5 aliphatic rings. The summed E-state index contributed by atoms with van der Waals surface area (Å²) in [6, 6.07) is 0.0324. The molecule has 0 spiro atoms. The van der Waals surface area contributed by atoms with Gasteiger partial charge in [-0.1, -0.05) is 74.0 Å². The lowest BCUT2D eigenvalue weighted by atomic mass is 9.34. The highest BCUT2D eigenvalue weighted by Crippen LogP contribution is 2.75. The van der Waals surface area contributed by atoms with E-state index in [0.29, 0.717) is 36.9 Å². The lowest BCUT2D eigenvalue weighted by Crippen LogP contribution is -2.70. The van der Waals surface area contributed by atoms with Gasteiger partial charge in [-0.15, -0.1) is 0 Å². The standard InChI is InChI=1S/C39H64N4O4/c1-24(2)26(5)35(7)16-17-36(8)27-12-13-30-34(6)18-29(43-23-41-22-42-43)32(47-20-38(10,40-11)25(3)4)39(30,21-46-19-34)28(27)14-15-37(36,9)31(35)33(44)45/h14,22-27,29-32,40H,12-13,15-21H2,1-11H3,(H,44,45)/t26-,27+,29-,30-,31-,32+,34-,35-,36-,37+,38+,39+/m1/s1. The van der Waals surface area contributed by atoms with Crippen LogP contribution in [0.3, 0.4) is 0 Å². The van der Waals surface area contributed by atoms with Crippen molar-refractivity contribution in [1.82, 2.24) is 20.1 Å². The maximum atomic E-state index is 13.5. The van der Waals surface area contributed by atoms with E-state index in [4.69, 9.17) is 14.6 Å². The first-order valence-corrected chi connectivity index (χ1v) is 18.6. The van der Waals surface area contributed by atoms with Gasteiger partial charge in [0.15, 0.2) is 0 Å². The summed E-state index contributed by atoms with van der Waals surface area (Å²) in [4.78, 5) is 17.9. The number of carbonyl (C=O) groups is 1.